The first kappa shape index (κ1) is 21.4. The van der Waals surface area contributed by atoms with E-state index in [1.807, 2.05) is 32.2 Å². The van der Waals surface area contributed by atoms with Crippen LogP contribution >= 0.6 is 0 Å². The van der Waals surface area contributed by atoms with Gasteiger partial charge in [0.15, 0.2) is 5.96 Å². The van der Waals surface area contributed by atoms with Gasteiger partial charge in [0.05, 0.1) is 19.3 Å². The molecule has 2 rings (SSSR count). The lowest BCUT2D eigenvalue weighted by molar-refractivity contribution is 0.00752. The second kappa shape index (κ2) is 11.1. The molecule has 1 aliphatic heterocycles. The lowest BCUT2D eigenvalue weighted by Gasteiger charge is -2.37. The summed E-state index contributed by atoms with van der Waals surface area (Å²) in [5.74, 6) is 2.02. The van der Waals surface area contributed by atoms with Crippen LogP contribution in [0, 0.1) is 5.92 Å². The Morgan fingerprint density at radius 2 is 1.96 bits per heavy atom. The second-order valence-corrected chi connectivity index (χ2v) is 7.44. The maximum absolute atomic E-state index is 5.58. The molecule has 1 saturated heterocycles. The first-order chi connectivity index (χ1) is 13.0. The minimum atomic E-state index is 0.130. The molecule has 0 saturated carbocycles. The van der Waals surface area contributed by atoms with E-state index in [0.717, 1.165) is 44.4 Å². The van der Waals surface area contributed by atoms with Crippen LogP contribution in [0.5, 0.6) is 5.88 Å². The Morgan fingerprint density at radius 1 is 1.22 bits per heavy atom. The number of nitrogens with one attached hydrogen (secondary N) is 2. The van der Waals surface area contributed by atoms with Crippen molar-refractivity contribution < 1.29 is 9.47 Å². The van der Waals surface area contributed by atoms with Crippen molar-refractivity contribution in [1.29, 1.82) is 0 Å². The van der Waals surface area contributed by atoms with Gasteiger partial charge >= 0.3 is 0 Å². The Hall–Kier alpha value is -1.86. The number of aliphatic imine (C=N–C) groups is 1. The van der Waals surface area contributed by atoms with Gasteiger partial charge in [-0.15, -0.1) is 0 Å². The van der Waals surface area contributed by atoms with Gasteiger partial charge in [0.1, 0.15) is 0 Å². The first-order valence-electron chi connectivity index (χ1n) is 9.87. The predicted molar refractivity (Wildman–Crippen MR) is 109 cm³/mol. The largest absolute Gasteiger partial charge is 0.475 e. The molecule has 1 aromatic heterocycles. The van der Waals surface area contributed by atoms with Crippen molar-refractivity contribution in [3.63, 3.8) is 0 Å². The van der Waals surface area contributed by atoms with E-state index in [2.05, 4.69) is 39.4 Å². The lowest BCUT2D eigenvalue weighted by Crippen LogP contribution is -2.52. The molecular weight excluding hydrogens is 342 g/mol. The van der Waals surface area contributed by atoms with E-state index in [4.69, 9.17) is 9.47 Å². The zero-order chi connectivity index (χ0) is 19.6. The Bertz CT molecular complexity index is 568. The van der Waals surface area contributed by atoms with Gasteiger partial charge in [-0.3, -0.25) is 9.89 Å². The average Bonchev–Trinajstić information content (AvgIpc) is 2.65. The fraction of sp³-hybridized carbons (Fsp3) is 0.700. The predicted octanol–water partition coefficient (Wildman–Crippen LogP) is 1.89. The molecule has 7 heteroatoms. The fourth-order valence-electron chi connectivity index (χ4n) is 3.13. The first-order valence-corrected chi connectivity index (χ1v) is 9.87. The van der Waals surface area contributed by atoms with E-state index in [1.54, 1.807) is 7.05 Å². The highest BCUT2D eigenvalue weighted by atomic mass is 16.5. The molecule has 0 bridgehead atoms. The van der Waals surface area contributed by atoms with Crippen molar-refractivity contribution in [2.24, 2.45) is 10.9 Å². The highest BCUT2D eigenvalue weighted by Crippen LogP contribution is 2.12. The molecule has 27 heavy (non-hydrogen) atoms. The third kappa shape index (κ3) is 7.34. The molecule has 1 aromatic rings. The van der Waals surface area contributed by atoms with Crippen LogP contribution in [-0.4, -0.2) is 67.9 Å². The van der Waals surface area contributed by atoms with Crippen molar-refractivity contribution in [3.8, 4) is 5.88 Å². The van der Waals surface area contributed by atoms with Crippen LogP contribution in [0.1, 0.15) is 33.3 Å². The zero-order valence-corrected chi connectivity index (χ0v) is 17.4. The maximum Gasteiger partial charge on any atom is 0.213 e. The average molecular weight is 378 g/mol. The van der Waals surface area contributed by atoms with Gasteiger partial charge in [-0.25, -0.2) is 4.98 Å². The molecular formula is C20H35N5O2. The molecule has 2 heterocycles. The number of rotatable bonds is 8. The standard InChI is InChI=1S/C20H35N5O2/c1-15(2)18(25-8-10-26-11-9-25)14-24-20(21-5)23-13-17-6-7-19(22-12-17)27-16(3)4/h6-7,12,15-16,18H,8-11,13-14H2,1-5H3,(H2,21,23,24). The summed E-state index contributed by atoms with van der Waals surface area (Å²) in [5.41, 5.74) is 1.09. The molecule has 0 aliphatic carbocycles. The summed E-state index contributed by atoms with van der Waals surface area (Å²) in [4.78, 5) is 11.2. The SMILES string of the molecule is CN=C(NCc1ccc(OC(C)C)nc1)NCC(C(C)C)N1CCOCC1. The highest BCUT2D eigenvalue weighted by molar-refractivity contribution is 5.79. The number of pyridine rings is 1. The van der Waals surface area contributed by atoms with Gasteiger partial charge in [-0.2, -0.15) is 0 Å². The molecule has 1 unspecified atom stereocenters. The molecule has 0 spiro atoms. The fourth-order valence-corrected chi connectivity index (χ4v) is 3.13. The van der Waals surface area contributed by atoms with Crippen LogP contribution in [0.4, 0.5) is 0 Å². The molecule has 152 valence electrons. The molecule has 2 N–H and O–H groups in total. The number of hydrogen-bond donors (Lipinski definition) is 2. The molecule has 1 atom stereocenters. The van der Waals surface area contributed by atoms with E-state index in [9.17, 15) is 0 Å². The van der Waals surface area contributed by atoms with Gasteiger partial charge in [0, 0.05) is 51.5 Å². The number of aromatic nitrogens is 1. The normalized spacial score (nSPS) is 17.2. The Balaban J connectivity index is 1.82. The lowest BCUT2D eigenvalue weighted by atomic mass is 10.0. The molecule has 1 fully saturated rings. The summed E-state index contributed by atoms with van der Waals surface area (Å²) in [6.07, 6.45) is 1.97. The van der Waals surface area contributed by atoms with Crippen molar-refractivity contribution >= 4 is 5.96 Å². The van der Waals surface area contributed by atoms with Crippen LogP contribution in [0.25, 0.3) is 0 Å². The monoisotopic (exact) mass is 377 g/mol. The highest BCUT2D eigenvalue weighted by Gasteiger charge is 2.23. The van der Waals surface area contributed by atoms with Gasteiger partial charge in [0.2, 0.25) is 5.88 Å². The van der Waals surface area contributed by atoms with E-state index in [1.165, 1.54) is 0 Å². The summed E-state index contributed by atoms with van der Waals surface area (Å²) < 4.78 is 11.1. The van der Waals surface area contributed by atoms with Gasteiger partial charge in [-0.1, -0.05) is 19.9 Å². The summed E-state index contributed by atoms with van der Waals surface area (Å²) in [5, 5.41) is 6.83. The smallest absolute Gasteiger partial charge is 0.213 e. The quantitative estimate of drug-likeness (QED) is 0.533. The molecule has 0 radical (unpaired) electrons. The van der Waals surface area contributed by atoms with E-state index in [0.29, 0.717) is 24.4 Å². The number of guanidine groups is 1. The van der Waals surface area contributed by atoms with Crippen LogP contribution in [-0.2, 0) is 11.3 Å². The minimum absolute atomic E-state index is 0.130. The zero-order valence-electron chi connectivity index (χ0n) is 17.4. The van der Waals surface area contributed by atoms with Gasteiger partial charge < -0.3 is 20.1 Å². The van der Waals surface area contributed by atoms with E-state index < -0.39 is 0 Å². The van der Waals surface area contributed by atoms with Crippen LogP contribution < -0.4 is 15.4 Å². The third-order valence-corrected chi connectivity index (χ3v) is 4.60. The van der Waals surface area contributed by atoms with Crippen LogP contribution in [0.2, 0.25) is 0 Å². The van der Waals surface area contributed by atoms with E-state index in [-0.39, 0.29) is 6.10 Å². The number of morpholine rings is 1. The topological polar surface area (TPSA) is 71.0 Å². The number of ether oxygens (including phenoxy) is 2. The Labute approximate surface area is 163 Å². The number of hydrogen-bond acceptors (Lipinski definition) is 5. The summed E-state index contributed by atoms with van der Waals surface area (Å²) in [7, 11) is 1.80. The minimum Gasteiger partial charge on any atom is -0.475 e. The van der Waals surface area contributed by atoms with Gasteiger partial charge in [0.25, 0.3) is 0 Å². The van der Waals surface area contributed by atoms with Crippen molar-refractivity contribution in [3.05, 3.63) is 23.9 Å². The van der Waals surface area contributed by atoms with Crippen molar-refractivity contribution in [2.75, 3.05) is 39.9 Å². The molecule has 0 amide bonds. The molecule has 0 aromatic carbocycles. The summed E-state index contributed by atoms with van der Waals surface area (Å²) in [6, 6.07) is 4.39. The number of nitrogens with zero attached hydrogens (tertiary/aromatic N) is 3. The maximum atomic E-state index is 5.58. The van der Waals surface area contributed by atoms with Crippen molar-refractivity contribution in [2.45, 2.75) is 46.4 Å². The Kier molecular flexibility index (Phi) is 8.81. The van der Waals surface area contributed by atoms with Crippen LogP contribution in [0.15, 0.2) is 23.3 Å². The second-order valence-electron chi connectivity index (χ2n) is 7.44. The third-order valence-electron chi connectivity index (χ3n) is 4.60. The Morgan fingerprint density at radius 3 is 2.52 bits per heavy atom. The molecule has 1 aliphatic rings. The summed E-state index contributed by atoms with van der Waals surface area (Å²) >= 11 is 0. The van der Waals surface area contributed by atoms with Crippen molar-refractivity contribution in [1.82, 2.24) is 20.5 Å². The summed E-state index contributed by atoms with van der Waals surface area (Å²) in [6.45, 7) is 13.7. The van der Waals surface area contributed by atoms with Gasteiger partial charge in [-0.05, 0) is 25.3 Å². The molecule has 7 nitrogen and oxygen atoms in total. The van der Waals surface area contributed by atoms with Crippen LogP contribution in [0.3, 0.4) is 0 Å². The van der Waals surface area contributed by atoms with E-state index >= 15 is 0 Å².